The van der Waals surface area contributed by atoms with Crippen LogP contribution in [0.5, 0.6) is 0 Å². The zero-order chi connectivity index (χ0) is 17.2. The number of hydrogen-bond acceptors (Lipinski definition) is 7. The van der Waals surface area contributed by atoms with Gasteiger partial charge in [0.2, 0.25) is 0 Å². The maximum absolute atomic E-state index is 12.7. The van der Waals surface area contributed by atoms with Crippen molar-refractivity contribution in [1.29, 1.82) is 0 Å². The van der Waals surface area contributed by atoms with Gasteiger partial charge in [-0.1, -0.05) is 9.64 Å². The van der Waals surface area contributed by atoms with Crippen LogP contribution in [0.1, 0.15) is 40.5 Å². The SMILES string of the molecule is Cc1cc(-c2snnc2[C@H]2CCCN(C(=O)c3ccncc3)C2)on1. The number of piperidine rings is 1. The highest BCUT2D eigenvalue weighted by Crippen LogP contribution is 2.35. The van der Waals surface area contributed by atoms with E-state index in [-0.39, 0.29) is 11.8 Å². The third kappa shape index (κ3) is 3.17. The zero-order valence-electron chi connectivity index (χ0n) is 13.8. The third-order valence-electron chi connectivity index (χ3n) is 4.39. The molecule has 3 aromatic heterocycles. The lowest BCUT2D eigenvalue weighted by Gasteiger charge is -2.32. The Morgan fingerprint density at radius 1 is 1.36 bits per heavy atom. The molecule has 1 aliphatic heterocycles. The molecule has 4 rings (SSSR count). The van der Waals surface area contributed by atoms with Crippen LogP contribution in [0.4, 0.5) is 0 Å². The van der Waals surface area contributed by atoms with Gasteiger partial charge in [-0.15, -0.1) is 5.10 Å². The molecule has 3 aromatic rings. The number of likely N-dealkylation sites (tertiary alicyclic amines) is 1. The van der Waals surface area contributed by atoms with Crippen molar-refractivity contribution in [3.63, 3.8) is 0 Å². The van der Waals surface area contributed by atoms with Crippen LogP contribution in [-0.2, 0) is 0 Å². The van der Waals surface area contributed by atoms with Gasteiger partial charge in [-0.05, 0) is 43.4 Å². The molecule has 0 N–H and O–H groups in total. The molecule has 1 aliphatic rings. The molecule has 0 unspecified atom stereocenters. The van der Waals surface area contributed by atoms with Crippen LogP contribution in [-0.4, -0.2) is 43.6 Å². The number of nitrogens with zero attached hydrogens (tertiary/aromatic N) is 5. The summed E-state index contributed by atoms with van der Waals surface area (Å²) in [5.41, 5.74) is 2.39. The third-order valence-corrected chi connectivity index (χ3v) is 5.14. The maximum Gasteiger partial charge on any atom is 0.253 e. The van der Waals surface area contributed by atoms with Crippen molar-refractivity contribution < 1.29 is 9.32 Å². The van der Waals surface area contributed by atoms with E-state index in [9.17, 15) is 4.79 Å². The van der Waals surface area contributed by atoms with Gasteiger partial charge in [0.15, 0.2) is 5.76 Å². The van der Waals surface area contributed by atoms with E-state index < -0.39 is 0 Å². The molecule has 0 spiro atoms. The molecule has 0 radical (unpaired) electrons. The maximum atomic E-state index is 12.7. The minimum absolute atomic E-state index is 0.0346. The number of pyridine rings is 1. The Kier molecular flexibility index (Phi) is 4.27. The summed E-state index contributed by atoms with van der Waals surface area (Å²) < 4.78 is 9.48. The molecule has 0 saturated carbocycles. The predicted octanol–water partition coefficient (Wildman–Crippen LogP) is 2.92. The second-order valence-electron chi connectivity index (χ2n) is 6.15. The first-order valence-corrected chi connectivity index (χ1v) is 8.95. The summed E-state index contributed by atoms with van der Waals surface area (Å²) in [6.07, 6.45) is 5.20. The predicted molar refractivity (Wildman–Crippen MR) is 92.3 cm³/mol. The first-order chi connectivity index (χ1) is 12.2. The summed E-state index contributed by atoms with van der Waals surface area (Å²) >= 11 is 1.31. The standard InChI is InChI=1S/C17H17N5O2S/c1-11-9-14(24-20-11)16-15(19-21-25-16)13-3-2-8-22(10-13)17(23)12-4-6-18-7-5-12/h4-7,9,13H,2-3,8,10H2,1H3/t13-/m0/s1. The normalized spacial score (nSPS) is 17.6. The van der Waals surface area contributed by atoms with Crippen LogP contribution in [0.3, 0.4) is 0 Å². The second kappa shape index (κ2) is 6.72. The van der Waals surface area contributed by atoms with Gasteiger partial charge in [-0.2, -0.15) is 0 Å². The number of aryl methyl sites for hydroxylation is 1. The Labute approximate surface area is 148 Å². The van der Waals surface area contributed by atoms with Crippen molar-refractivity contribution in [2.75, 3.05) is 13.1 Å². The molecule has 0 aliphatic carbocycles. The number of amides is 1. The Hall–Kier alpha value is -2.61. The minimum Gasteiger partial charge on any atom is -0.355 e. The van der Waals surface area contributed by atoms with Crippen molar-refractivity contribution in [3.05, 3.63) is 47.5 Å². The van der Waals surface area contributed by atoms with Gasteiger partial charge in [0.1, 0.15) is 4.88 Å². The molecule has 4 heterocycles. The monoisotopic (exact) mass is 355 g/mol. The fourth-order valence-electron chi connectivity index (χ4n) is 3.17. The number of hydrogen-bond donors (Lipinski definition) is 0. The molecular formula is C17H17N5O2S. The van der Waals surface area contributed by atoms with Gasteiger partial charge in [-0.3, -0.25) is 9.78 Å². The molecular weight excluding hydrogens is 338 g/mol. The lowest BCUT2D eigenvalue weighted by Crippen LogP contribution is -2.39. The molecule has 8 heteroatoms. The largest absolute Gasteiger partial charge is 0.355 e. The van der Waals surface area contributed by atoms with Crippen LogP contribution in [0.15, 0.2) is 35.1 Å². The number of rotatable bonds is 3. The number of carbonyl (C=O) groups is 1. The average Bonchev–Trinajstić information content (AvgIpc) is 3.30. The second-order valence-corrected chi connectivity index (χ2v) is 6.90. The first kappa shape index (κ1) is 15.9. The van der Waals surface area contributed by atoms with Gasteiger partial charge < -0.3 is 9.42 Å². The summed E-state index contributed by atoms with van der Waals surface area (Å²) in [5.74, 6) is 0.881. The van der Waals surface area contributed by atoms with Crippen molar-refractivity contribution in [2.24, 2.45) is 0 Å². The summed E-state index contributed by atoms with van der Waals surface area (Å²) in [7, 11) is 0. The van der Waals surface area contributed by atoms with Gasteiger partial charge in [0.25, 0.3) is 5.91 Å². The van der Waals surface area contributed by atoms with Gasteiger partial charge in [0, 0.05) is 43.0 Å². The lowest BCUT2D eigenvalue weighted by molar-refractivity contribution is 0.0706. The van der Waals surface area contributed by atoms with E-state index in [4.69, 9.17) is 4.52 Å². The average molecular weight is 355 g/mol. The first-order valence-electron chi connectivity index (χ1n) is 8.17. The Balaban J connectivity index is 1.56. The topological polar surface area (TPSA) is 85.0 Å². The Morgan fingerprint density at radius 2 is 2.20 bits per heavy atom. The van der Waals surface area contributed by atoms with Crippen molar-refractivity contribution in [2.45, 2.75) is 25.7 Å². The summed E-state index contributed by atoms with van der Waals surface area (Å²) in [5, 5.41) is 8.27. The van der Waals surface area contributed by atoms with Crippen molar-refractivity contribution >= 4 is 17.4 Å². The molecule has 1 fully saturated rings. The molecule has 25 heavy (non-hydrogen) atoms. The van der Waals surface area contributed by atoms with Crippen LogP contribution in [0, 0.1) is 6.92 Å². The van der Waals surface area contributed by atoms with Gasteiger partial charge in [0.05, 0.1) is 11.4 Å². The van der Waals surface area contributed by atoms with Crippen LogP contribution >= 0.6 is 11.5 Å². The number of carbonyl (C=O) groups excluding carboxylic acids is 1. The van der Waals surface area contributed by atoms with E-state index >= 15 is 0 Å². The van der Waals surface area contributed by atoms with E-state index in [1.54, 1.807) is 24.5 Å². The molecule has 0 aromatic carbocycles. The Bertz CT molecular complexity index is 876. The van der Waals surface area contributed by atoms with Gasteiger partial charge in [-0.25, -0.2) is 0 Å². The highest BCUT2D eigenvalue weighted by Gasteiger charge is 2.30. The van der Waals surface area contributed by atoms with Gasteiger partial charge >= 0.3 is 0 Å². The summed E-state index contributed by atoms with van der Waals surface area (Å²) in [6, 6.07) is 5.39. The summed E-state index contributed by atoms with van der Waals surface area (Å²) in [6.45, 7) is 3.27. The minimum atomic E-state index is 0.0346. The van der Waals surface area contributed by atoms with E-state index in [0.717, 1.165) is 35.7 Å². The van der Waals surface area contributed by atoms with Crippen LogP contribution in [0.25, 0.3) is 10.6 Å². The van der Waals surface area contributed by atoms with Crippen molar-refractivity contribution in [1.82, 2.24) is 24.6 Å². The Morgan fingerprint density at radius 3 is 2.96 bits per heavy atom. The molecule has 1 saturated heterocycles. The van der Waals surface area contributed by atoms with Crippen LogP contribution in [0.2, 0.25) is 0 Å². The zero-order valence-corrected chi connectivity index (χ0v) is 14.6. The smallest absolute Gasteiger partial charge is 0.253 e. The summed E-state index contributed by atoms with van der Waals surface area (Å²) in [4.78, 5) is 19.5. The molecule has 128 valence electrons. The highest BCUT2D eigenvalue weighted by atomic mass is 32.1. The van der Waals surface area contributed by atoms with Crippen molar-refractivity contribution in [3.8, 4) is 10.6 Å². The quantitative estimate of drug-likeness (QED) is 0.718. The highest BCUT2D eigenvalue weighted by molar-refractivity contribution is 7.09. The molecule has 1 atom stereocenters. The molecule has 7 nitrogen and oxygen atoms in total. The van der Waals surface area contributed by atoms with E-state index in [1.165, 1.54) is 11.5 Å². The van der Waals surface area contributed by atoms with E-state index in [0.29, 0.717) is 17.9 Å². The van der Waals surface area contributed by atoms with E-state index in [2.05, 4.69) is 19.7 Å². The lowest BCUT2D eigenvalue weighted by atomic mass is 9.93. The fraction of sp³-hybridized carbons (Fsp3) is 0.353. The molecule has 1 amide bonds. The number of aromatic nitrogens is 4. The van der Waals surface area contributed by atoms with Crippen LogP contribution < -0.4 is 0 Å². The molecule has 0 bridgehead atoms. The fourth-order valence-corrected chi connectivity index (χ4v) is 3.87. The van der Waals surface area contributed by atoms with E-state index in [1.807, 2.05) is 17.9 Å².